The van der Waals surface area contributed by atoms with Gasteiger partial charge >= 0.3 is 0 Å². The molecule has 1 aliphatic rings. The lowest BCUT2D eigenvalue weighted by Gasteiger charge is -2.21. The van der Waals surface area contributed by atoms with E-state index in [9.17, 15) is 8.42 Å². The van der Waals surface area contributed by atoms with Crippen molar-refractivity contribution in [2.24, 2.45) is 5.92 Å². The number of nitrogens with zero attached hydrogens (tertiary/aromatic N) is 2. The van der Waals surface area contributed by atoms with E-state index in [1.165, 1.54) is 16.4 Å². The van der Waals surface area contributed by atoms with Crippen LogP contribution in [0.5, 0.6) is 0 Å². The summed E-state index contributed by atoms with van der Waals surface area (Å²) in [6.07, 6.45) is 1.01. The molecule has 0 bridgehead atoms. The standard InChI is InChI=1S/C13H20ClN3O2S/c1-16-6-5-10(8-16)9-17(2)20(18,19)13-7-11(15)3-4-12(13)14/h3-4,7,10H,5-6,8-9,15H2,1-2H3. The van der Waals surface area contributed by atoms with Gasteiger partial charge < -0.3 is 10.6 Å². The number of nitrogen functional groups attached to an aromatic ring is 1. The molecule has 1 aromatic rings. The first kappa shape index (κ1) is 15.6. The van der Waals surface area contributed by atoms with Gasteiger partial charge in [0, 0.05) is 25.8 Å². The van der Waals surface area contributed by atoms with Crippen LogP contribution in [0, 0.1) is 5.92 Å². The third kappa shape index (κ3) is 3.25. The first-order valence-electron chi connectivity index (χ1n) is 6.50. The maximum absolute atomic E-state index is 12.5. The smallest absolute Gasteiger partial charge is 0.244 e. The number of rotatable bonds is 4. The van der Waals surface area contributed by atoms with E-state index >= 15 is 0 Å². The zero-order valence-electron chi connectivity index (χ0n) is 11.7. The van der Waals surface area contributed by atoms with Crippen molar-refractivity contribution in [3.8, 4) is 0 Å². The minimum Gasteiger partial charge on any atom is -0.399 e. The van der Waals surface area contributed by atoms with E-state index in [2.05, 4.69) is 4.90 Å². The fourth-order valence-electron chi connectivity index (χ4n) is 2.52. The number of likely N-dealkylation sites (tertiary alicyclic amines) is 1. The van der Waals surface area contributed by atoms with Crippen LogP contribution in [-0.2, 0) is 10.0 Å². The second-order valence-corrected chi connectivity index (χ2v) is 7.81. The molecule has 0 saturated carbocycles. The van der Waals surface area contributed by atoms with Gasteiger partial charge in [0.05, 0.1) is 5.02 Å². The Morgan fingerprint density at radius 2 is 2.20 bits per heavy atom. The lowest BCUT2D eigenvalue weighted by molar-refractivity contribution is 0.357. The Bertz CT molecular complexity index is 591. The number of anilines is 1. The molecule has 1 fully saturated rings. The zero-order valence-corrected chi connectivity index (χ0v) is 13.3. The SMILES string of the molecule is CN1CCC(CN(C)S(=O)(=O)c2cc(N)ccc2Cl)C1. The summed E-state index contributed by atoms with van der Waals surface area (Å²) in [5, 5.41) is 0.203. The predicted molar refractivity (Wildman–Crippen MR) is 81.3 cm³/mol. The molecule has 1 aromatic carbocycles. The van der Waals surface area contributed by atoms with Crippen LogP contribution >= 0.6 is 11.6 Å². The topological polar surface area (TPSA) is 66.6 Å². The Balaban J connectivity index is 2.19. The monoisotopic (exact) mass is 317 g/mol. The van der Waals surface area contributed by atoms with Crippen LogP contribution in [0.15, 0.2) is 23.1 Å². The summed E-state index contributed by atoms with van der Waals surface area (Å²) in [6.45, 7) is 2.43. The summed E-state index contributed by atoms with van der Waals surface area (Å²) in [7, 11) is 0.0411. The third-order valence-electron chi connectivity index (χ3n) is 3.65. The molecule has 1 heterocycles. The maximum Gasteiger partial charge on any atom is 0.244 e. The Kier molecular flexibility index (Phi) is 4.59. The number of hydrogen-bond donors (Lipinski definition) is 1. The van der Waals surface area contributed by atoms with Crippen molar-refractivity contribution in [2.45, 2.75) is 11.3 Å². The number of benzene rings is 1. The van der Waals surface area contributed by atoms with Crippen molar-refractivity contribution in [3.63, 3.8) is 0 Å². The third-order valence-corrected chi connectivity index (χ3v) is 5.95. The van der Waals surface area contributed by atoms with Crippen LogP contribution in [0.1, 0.15) is 6.42 Å². The van der Waals surface area contributed by atoms with Gasteiger partial charge in [-0.2, -0.15) is 0 Å². The van der Waals surface area contributed by atoms with Gasteiger partial charge in [-0.15, -0.1) is 0 Å². The number of halogens is 1. The van der Waals surface area contributed by atoms with Crippen molar-refractivity contribution in [2.75, 3.05) is 39.5 Å². The van der Waals surface area contributed by atoms with Crippen LogP contribution in [0.2, 0.25) is 5.02 Å². The number of nitrogens with two attached hydrogens (primary N) is 1. The Labute approximate surface area is 125 Å². The van der Waals surface area contributed by atoms with E-state index in [-0.39, 0.29) is 9.92 Å². The summed E-state index contributed by atoms with van der Waals surface area (Å²) < 4.78 is 26.5. The molecule has 1 atom stereocenters. The lowest BCUT2D eigenvalue weighted by Crippen LogP contribution is -2.33. The van der Waals surface area contributed by atoms with Crippen LogP contribution in [0.3, 0.4) is 0 Å². The molecule has 112 valence electrons. The summed E-state index contributed by atoms with van der Waals surface area (Å²) in [5.74, 6) is 0.361. The van der Waals surface area contributed by atoms with Gasteiger partial charge in [0.2, 0.25) is 10.0 Å². The minimum atomic E-state index is -3.59. The van der Waals surface area contributed by atoms with Gasteiger partial charge in [0.15, 0.2) is 0 Å². The average Bonchev–Trinajstić information content (AvgIpc) is 2.77. The highest BCUT2D eigenvalue weighted by atomic mass is 35.5. The Morgan fingerprint density at radius 3 is 2.80 bits per heavy atom. The molecule has 20 heavy (non-hydrogen) atoms. The van der Waals surface area contributed by atoms with Gasteiger partial charge in [-0.3, -0.25) is 0 Å². The normalized spacial score (nSPS) is 20.7. The zero-order chi connectivity index (χ0) is 14.9. The van der Waals surface area contributed by atoms with Gasteiger partial charge in [-0.1, -0.05) is 11.6 Å². The molecule has 5 nitrogen and oxygen atoms in total. The van der Waals surface area contributed by atoms with Gasteiger partial charge in [0.1, 0.15) is 4.90 Å². The van der Waals surface area contributed by atoms with Crippen LogP contribution in [-0.4, -0.2) is 51.4 Å². The van der Waals surface area contributed by atoms with Crippen molar-refractivity contribution < 1.29 is 8.42 Å². The van der Waals surface area contributed by atoms with Crippen LogP contribution in [0.4, 0.5) is 5.69 Å². The van der Waals surface area contributed by atoms with Crippen molar-refractivity contribution in [3.05, 3.63) is 23.2 Å². The molecule has 7 heteroatoms. The molecular weight excluding hydrogens is 298 g/mol. The molecule has 0 aliphatic carbocycles. The predicted octanol–water partition coefficient (Wildman–Crippen LogP) is 1.49. The highest BCUT2D eigenvalue weighted by Gasteiger charge is 2.28. The molecule has 0 amide bonds. The Morgan fingerprint density at radius 1 is 1.50 bits per heavy atom. The average molecular weight is 318 g/mol. The molecular formula is C13H20ClN3O2S. The Hall–Kier alpha value is -0.820. The largest absolute Gasteiger partial charge is 0.399 e. The van der Waals surface area contributed by atoms with Crippen molar-refractivity contribution >= 4 is 27.3 Å². The van der Waals surface area contributed by atoms with Crippen LogP contribution in [0.25, 0.3) is 0 Å². The quantitative estimate of drug-likeness (QED) is 0.855. The van der Waals surface area contributed by atoms with Gasteiger partial charge in [0.25, 0.3) is 0 Å². The maximum atomic E-state index is 12.5. The first-order valence-corrected chi connectivity index (χ1v) is 8.32. The molecule has 1 unspecified atom stereocenters. The van der Waals surface area contributed by atoms with Crippen molar-refractivity contribution in [1.82, 2.24) is 9.21 Å². The van der Waals surface area contributed by atoms with Crippen molar-refractivity contribution in [1.29, 1.82) is 0 Å². The van der Waals surface area contributed by atoms with E-state index < -0.39 is 10.0 Å². The number of hydrogen-bond acceptors (Lipinski definition) is 4. The summed E-state index contributed by atoms with van der Waals surface area (Å²) in [5.41, 5.74) is 6.05. The number of sulfonamides is 1. The fraction of sp³-hybridized carbons (Fsp3) is 0.538. The second-order valence-electron chi connectivity index (χ2n) is 5.39. The molecule has 1 saturated heterocycles. The van der Waals surface area contributed by atoms with E-state index in [4.69, 9.17) is 17.3 Å². The molecule has 2 N–H and O–H groups in total. The van der Waals surface area contributed by atoms with E-state index in [0.29, 0.717) is 18.2 Å². The molecule has 0 aromatic heterocycles. The molecule has 0 spiro atoms. The lowest BCUT2D eigenvalue weighted by atomic mass is 10.1. The fourth-order valence-corrected chi connectivity index (χ4v) is 4.27. The van der Waals surface area contributed by atoms with Crippen LogP contribution < -0.4 is 5.73 Å². The summed E-state index contributed by atoms with van der Waals surface area (Å²) in [6, 6.07) is 4.52. The van der Waals surface area contributed by atoms with E-state index in [1.54, 1.807) is 13.1 Å². The van der Waals surface area contributed by atoms with E-state index in [1.807, 2.05) is 7.05 Å². The molecule has 1 aliphatic heterocycles. The highest BCUT2D eigenvalue weighted by molar-refractivity contribution is 7.89. The first-order chi connectivity index (χ1) is 9.30. The van der Waals surface area contributed by atoms with E-state index in [0.717, 1.165) is 19.5 Å². The summed E-state index contributed by atoms with van der Waals surface area (Å²) in [4.78, 5) is 2.28. The second kappa shape index (κ2) is 5.89. The van der Waals surface area contributed by atoms with Gasteiger partial charge in [-0.25, -0.2) is 12.7 Å². The molecule has 2 rings (SSSR count). The highest BCUT2D eigenvalue weighted by Crippen LogP contribution is 2.27. The van der Waals surface area contributed by atoms with Gasteiger partial charge in [-0.05, 0) is 44.1 Å². The minimum absolute atomic E-state index is 0.0769. The molecule has 0 radical (unpaired) electrons. The summed E-state index contributed by atoms with van der Waals surface area (Å²) >= 11 is 6.00.